The monoisotopic (exact) mass is 536 g/mol. The third-order valence-corrected chi connectivity index (χ3v) is 8.75. The van der Waals surface area contributed by atoms with Crippen LogP contribution in [0, 0.1) is 0 Å². The van der Waals surface area contributed by atoms with Gasteiger partial charge in [0.25, 0.3) is 0 Å². The summed E-state index contributed by atoms with van der Waals surface area (Å²) >= 11 is 0. The summed E-state index contributed by atoms with van der Waals surface area (Å²) in [4.78, 5) is 16.2. The van der Waals surface area contributed by atoms with Gasteiger partial charge >= 0.3 is 0 Å². The van der Waals surface area contributed by atoms with Gasteiger partial charge in [-0.25, -0.2) is 14.6 Å². The van der Waals surface area contributed by atoms with E-state index in [2.05, 4.69) is 79.0 Å². The van der Waals surface area contributed by atoms with E-state index < -0.39 is 0 Å². The lowest BCUT2D eigenvalue weighted by molar-refractivity contribution is 0.0815. The summed E-state index contributed by atoms with van der Waals surface area (Å²) in [5.74, 6) is 1.35. The van der Waals surface area contributed by atoms with Crippen LogP contribution in [0.3, 0.4) is 0 Å². The Bertz CT molecular complexity index is 1500. The molecule has 0 amide bonds. The van der Waals surface area contributed by atoms with Crippen LogP contribution in [0.2, 0.25) is 0 Å². The lowest BCUT2D eigenvalue weighted by Gasteiger charge is -2.41. The van der Waals surface area contributed by atoms with Gasteiger partial charge in [-0.1, -0.05) is 42.5 Å². The summed E-state index contributed by atoms with van der Waals surface area (Å²) in [5, 5.41) is 5.97. The number of hydrogen-bond donors (Lipinski definition) is 1. The van der Waals surface area contributed by atoms with Gasteiger partial charge in [0.15, 0.2) is 12.4 Å². The van der Waals surface area contributed by atoms with Gasteiger partial charge in [-0.3, -0.25) is 4.90 Å². The van der Waals surface area contributed by atoms with Crippen LogP contribution in [0.5, 0.6) is 0 Å². The van der Waals surface area contributed by atoms with Crippen molar-refractivity contribution in [2.45, 2.75) is 37.8 Å². The fraction of sp³-hybridized carbons (Fsp3) is 0.387. The number of nitrogen functional groups attached to an aromatic ring is 1. The molecular weight excluding hydrogens is 500 g/mol. The highest BCUT2D eigenvalue weighted by Crippen LogP contribution is 2.38. The Balaban J connectivity index is 1.12. The SMILES string of the molecule is CN1CCN(C2CCC(n3nc(-c4ccc(N5C=C(c6ccccc6)OC5)cc4)c4c(N)ncnc43)CC2)CC1. The first-order valence-corrected chi connectivity index (χ1v) is 14.3. The summed E-state index contributed by atoms with van der Waals surface area (Å²) in [6.45, 7) is 5.16. The molecule has 40 heavy (non-hydrogen) atoms. The number of ether oxygens (including phenoxy) is 1. The fourth-order valence-corrected chi connectivity index (χ4v) is 6.38. The molecule has 0 radical (unpaired) electrons. The Labute approximate surface area is 234 Å². The van der Waals surface area contributed by atoms with Crippen LogP contribution in [-0.4, -0.2) is 75.5 Å². The number of likely N-dealkylation sites (N-methyl/N-ethyl adjacent to an activating group) is 1. The van der Waals surface area contributed by atoms with Crippen LogP contribution in [0.4, 0.5) is 11.5 Å². The van der Waals surface area contributed by atoms with Crippen molar-refractivity contribution in [3.05, 3.63) is 72.7 Å². The smallest absolute Gasteiger partial charge is 0.165 e. The van der Waals surface area contributed by atoms with Crippen molar-refractivity contribution >= 4 is 28.3 Å². The van der Waals surface area contributed by atoms with E-state index in [1.54, 1.807) is 6.33 Å². The standard InChI is InChI=1S/C31H36N8O/c1-36-15-17-37(18-16-36)24-11-13-26(14-12-24)39-31-28(30(32)33-20-34-31)29(35-39)23-7-9-25(10-8-23)38-19-27(40-21-38)22-5-3-2-4-6-22/h2-10,19-20,24,26H,11-18,21H2,1H3,(H2,32,33,34). The molecule has 0 bridgehead atoms. The summed E-state index contributed by atoms with van der Waals surface area (Å²) in [6.07, 6.45) is 8.19. The molecule has 4 heterocycles. The van der Waals surface area contributed by atoms with Gasteiger partial charge in [-0.15, -0.1) is 0 Å². The second-order valence-corrected chi connectivity index (χ2v) is 11.2. The molecule has 3 aliphatic rings. The first-order valence-electron chi connectivity index (χ1n) is 14.3. The number of aromatic nitrogens is 4. The molecule has 2 aromatic carbocycles. The Morgan fingerprint density at radius 2 is 1.55 bits per heavy atom. The van der Waals surface area contributed by atoms with E-state index in [4.69, 9.17) is 15.6 Å². The molecule has 1 saturated heterocycles. The first-order chi connectivity index (χ1) is 19.6. The van der Waals surface area contributed by atoms with Gasteiger partial charge in [-0.05, 0) is 44.9 Å². The molecule has 0 spiro atoms. The van der Waals surface area contributed by atoms with Crippen LogP contribution in [0.1, 0.15) is 37.3 Å². The van der Waals surface area contributed by atoms with Gasteiger partial charge < -0.3 is 20.3 Å². The molecule has 7 rings (SSSR count). The van der Waals surface area contributed by atoms with E-state index in [-0.39, 0.29) is 0 Å². The number of anilines is 2. The van der Waals surface area contributed by atoms with Crippen LogP contribution in [0.15, 0.2) is 67.1 Å². The van der Waals surface area contributed by atoms with Gasteiger partial charge in [0.1, 0.15) is 23.6 Å². The number of nitrogens with two attached hydrogens (primary N) is 1. The van der Waals surface area contributed by atoms with Gasteiger partial charge in [0, 0.05) is 49.0 Å². The highest BCUT2D eigenvalue weighted by Gasteiger charge is 2.30. The summed E-state index contributed by atoms with van der Waals surface area (Å²) in [5.41, 5.74) is 11.2. The maximum absolute atomic E-state index is 6.42. The average Bonchev–Trinajstić information content (AvgIpc) is 3.65. The first kappa shape index (κ1) is 25.0. The number of hydrogen-bond acceptors (Lipinski definition) is 8. The Morgan fingerprint density at radius 3 is 2.30 bits per heavy atom. The van der Waals surface area contributed by atoms with E-state index in [1.807, 2.05) is 18.2 Å². The molecular formula is C31H36N8O. The normalized spacial score (nSPS) is 22.4. The van der Waals surface area contributed by atoms with E-state index in [0.717, 1.165) is 65.2 Å². The van der Waals surface area contributed by atoms with Crippen LogP contribution >= 0.6 is 0 Å². The number of piperazine rings is 1. The van der Waals surface area contributed by atoms with Crippen molar-refractivity contribution in [2.75, 3.05) is 50.6 Å². The summed E-state index contributed by atoms with van der Waals surface area (Å²) in [6, 6.07) is 19.6. The van der Waals surface area contributed by atoms with Gasteiger partial charge in [0.05, 0.1) is 17.6 Å². The highest BCUT2D eigenvalue weighted by atomic mass is 16.5. The van der Waals surface area contributed by atoms with Crippen LogP contribution in [-0.2, 0) is 4.74 Å². The minimum Gasteiger partial charge on any atom is -0.471 e. The molecule has 4 aromatic rings. The second-order valence-electron chi connectivity index (χ2n) is 11.2. The largest absolute Gasteiger partial charge is 0.471 e. The van der Waals surface area contributed by atoms with Crippen molar-refractivity contribution in [3.63, 3.8) is 0 Å². The molecule has 2 aliphatic heterocycles. The van der Waals surface area contributed by atoms with E-state index in [9.17, 15) is 0 Å². The number of rotatable bonds is 5. The molecule has 1 aliphatic carbocycles. The minimum atomic E-state index is 0.317. The molecule has 0 atom stereocenters. The molecule has 2 N–H and O–H groups in total. The minimum absolute atomic E-state index is 0.317. The van der Waals surface area contributed by atoms with Crippen molar-refractivity contribution in [3.8, 4) is 11.3 Å². The van der Waals surface area contributed by atoms with E-state index in [0.29, 0.717) is 24.6 Å². The van der Waals surface area contributed by atoms with Crippen molar-refractivity contribution < 1.29 is 4.74 Å². The average molecular weight is 537 g/mol. The third-order valence-electron chi connectivity index (χ3n) is 8.75. The fourth-order valence-electron chi connectivity index (χ4n) is 6.38. The third kappa shape index (κ3) is 4.69. The Hall–Kier alpha value is -3.95. The van der Waals surface area contributed by atoms with E-state index >= 15 is 0 Å². The topological polar surface area (TPSA) is 88.6 Å². The number of nitrogens with zero attached hydrogens (tertiary/aromatic N) is 7. The van der Waals surface area contributed by atoms with E-state index in [1.165, 1.54) is 25.9 Å². The van der Waals surface area contributed by atoms with Crippen molar-refractivity contribution in [1.29, 1.82) is 0 Å². The molecule has 9 heteroatoms. The van der Waals surface area contributed by atoms with Gasteiger partial charge in [0.2, 0.25) is 0 Å². The molecule has 206 valence electrons. The second kappa shape index (κ2) is 10.6. The zero-order valence-electron chi connectivity index (χ0n) is 23.0. The summed E-state index contributed by atoms with van der Waals surface area (Å²) in [7, 11) is 2.22. The lowest BCUT2D eigenvalue weighted by Crippen LogP contribution is -2.49. The molecule has 2 aromatic heterocycles. The number of fused-ring (bicyclic) bond motifs is 1. The quantitative estimate of drug-likeness (QED) is 0.396. The Morgan fingerprint density at radius 1 is 0.825 bits per heavy atom. The van der Waals surface area contributed by atoms with Crippen molar-refractivity contribution in [1.82, 2.24) is 29.5 Å². The number of benzene rings is 2. The molecule has 9 nitrogen and oxygen atoms in total. The Kier molecular flexibility index (Phi) is 6.61. The van der Waals surface area contributed by atoms with Crippen molar-refractivity contribution in [2.24, 2.45) is 0 Å². The molecule has 1 saturated carbocycles. The lowest BCUT2D eigenvalue weighted by atomic mass is 9.90. The predicted octanol–water partition coefficient (Wildman–Crippen LogP) is 4.60. The van der Waals surface area contributed by atoms with Crippen LogP contribution < -0.4 is 10.6 Å². The van der Waals surface area contributed by atoms with Gasteiger partial charge in [-0.2, -0.15) is 5.10 Å². The maximum atomic E-state index is 6.42. The zero-order valence-corrected chi connectivity index (χ0v) is 23.0. The maximum Gasteiger partial charge on any atom is 0.165 e. The summed E-state index contributed by atoms with van der Waals surface area (Å²) < 4.78 is 8.07. The molecule has 0 unspecified atom stereocenters. The van der Waals surface area contributed by atoms with Crippen LogP contribution in [0.25, 0.3) is 28.0 Å². The predicted molar refractivity (Wildman–Crippen MR) is 158 cm³/mol. The molecule has 2 fully saturated rings. The highest BCUT2D eigenvalue weighted by molar-refractivity contribution is 5.98. The zero-order chi connectivity index (χ0) is 27.1.